The Hall–Kier alpha value is -3.41. The van der Waals surface area contributed by atoms with Crippen LogP contribution in [-0.4, -0.2) is 15.5 Å². The molecule has 2 aromatic heterocycles. The zero-order valence-corrected chi connectivity index (χ0v) is 15.8. The van der Waals surface area contributed by atoms with Gasteiger partial charge < -0.3 is 9.73 Å². The quantitative estimate of drug-likeness (QED) is 0.579. The third-order valence-corrected chi connectivity index (χ3v) is 4.90. The summed E-state index contributed by atoms with van der Waals surface area (Å²) in [4.78, 5) is 29.4. The highest BCUT2D eigenvalue weighted by Gasteiger charge is 2.15. The number of hydrogen-bond acceptors (Lipinski definition) is 4. The Kier molecular flexibility index (Phi) is 4.69. The molecule has 4 aromatic rings. The number of aryl methyl sites for hydroxylation is 1. The molecule has 2 heterocycles. The van der Waals surface area contributed by atoms with Gasteiger partial charge >= 0.3 is 0 Å². The Morgan fingerprint density at radius 1 is 1.18 bits per heavy atom. The van der Waals surface area contributed by atoms with Crippen molar-refractivity contribution >= 4 is 27.8 Å². The summed E-state index contributed by atoms with van der Waals surface area (Å²) in [5.41, 5.74) is 1.35. The summed E-state index contributed by atoms with van der Waals surface area (Å²) in [5, 5.41) is 4.54. The number of amides is 1. The van der Waals surface area contributed by atoms with Crippen LogP contribution in [0.5, 0.6) is 0 Å². The summed E-state index contributed by atoms with van der Waals surface area (Å²) in [6.45, 7) is 1.89. The number of aromatic nitrogens is 2. The van der Waals surface area contributed by atoms with E-state index in [4.69, 9.17) is 4.42 Å². The lowest BCUT2D eigenvalue weighted by Gasteiger charge is -2.12. The molecule has 0 aliphatic carbocycles. The summed E-state index contributed by atoms with van der Waals surface area (Å²) in [5.74, 6) is 1.19. The molecule has 0 spiro atoms. The van der Waals surface area contributed by atoms with E-state index >= 15 is 0 Å². The lowest BCUT2D eigenvalue weighted by Crippen LogP contribution is -2.28. The number of hydrogen-bond donors (Lipinski definition) is 1. The Bertz CT molecular complexity index is 1190. The first-order valence-corrected chi connectivity index (χ1v) is 9.25. The van der Waals surface area contributed by atoms with Crippen LogP contribution >= 0.6 is 0 Å². The molecule has 6 nitrogen and oxygen atoms in total. The van der Waals surface area contributed by atoms with Gasteiger partial charge in [-0.3, -0.25) is 14.2 Å². The number of furan rings is 1. The molecule has 28 heavy (non-hydrogen) atoms. The van der Waals surface area contributed by atoms with E-state index < -0.39 is 0 Å². The van der Waals surface area contributed by atoms with Gasteiger partial charge in [-0.05, 0) is 31.2 Å². The lowest BCUT2D eigenvalue weighted by molar-refractivity contribution is -0.121. The van der Waals surface area contributed by atoms with Gasteiger partial charge in [0.1, 0.15) is 17.2 Å². The van der Waals surface area contributed by atoms with Crippen molar-refractivity contribution in [2.75, 3.05) is 0 Å². The highest BCUT2D eigenvalue weighted by molar-refractivity contribution is 5.80. The number of benzene rings is 2. The molecule has 0 saturated heterocycles. The molecule has 1 amide bonds. The number of nitrogens with one attached hydrogen (secondary N) is 1. The standard InChI is InChI=1S/C22H21N3O3/c1-14(19-13-15-7-3-6-10-18(15)28-19)23-21(26)12-11-20-24-17-9-5-4-8-16(17)22(27)25(20)2/h3-10,13-14H,11-12H2,1-2H3,(H,23,26)/t14-/m0/s1. The fraction of sp³-hybridized carbons (Fsp3) is 0.227. The third kappa shape index (κ3) is 3.41. The second-order valence-electron chi connectivity index (χ2n) is 6.89. The third-order valence-electron chi connectivity index (χ3n) is 4.90. The Morgan fingerprint density at radius 3 is 2.75 bits per heavy atom. The molecule has 142 valence electrons. The fourth-order valence-electron chi connectivity index (χ4n) is 3.31. The Labute approximate surface area is 161 Å². The first-order valence-electron chi connectivity index (χ1n) is 9.25. The first kappa shape index (κ1) is 18.0. The predicted molar refractivity (Wildman–Crippen MR) is 108 cm³/mol. The van der Waals surface area contributed by atoms with Crippen molar-refractivity contribution in [1.82, 2.24) is 14.9 Å². The molecule has 0 fully saturated rings. The van der Waals surface area contributed by atoms with Gasteiger partial charge in [0.2, 0.25) is 5.91 Å². The minimum absolute atomic E-state index is 0.100. The van der Waals surface area contributed by atoms with Gasteiger partial charge in [-0.2, -0.15) is 0 Å². The van der Waals surface area contributed by atoms with Gasteiger partial charge in [0.05, 0.1) is 16.9 Å². The van der Waals surface area contributed by atoms with E-state index in [-0.39, 0.29) is 23.9 Å². The molecule has 0 aliphatic rings. The Balaban J connectivity index is 1.45. The highest BCUT2D eigenvalue weighted by atomic mass is 16.3. The van der Waals surface area contributed by atoms with Crippen molar-refractivity contribution in [3.8, 4) is 0 Å². The molecular weight excluding hydrogens is 354 g/mol. The van der Waals surface area contributed by atoms with Crippen LogP contribution in [0.25, 0.3) is 21.9 Å². The van der Waals surface area contributed by atoms with Crippen LogP contribution in [0.2, 0.25) is 0 Å². The van der Waals surface area contributed by atoms with Crippen molar-refractivity contribution in [3.63, 3.8) is 0 Å². The maximum Gasteiger partial charge on any atom is 0.261 e. The van der Waals surface area contributed by atoms with Crippen molar-refractivity contribution in [3.05, 3.63) is 76.5 Å². The molecule has 0 radical (unpaired) electrons. The van der Waals surface area contributed by atoms with Gasteiger partial charge in [-0.1, -0.05) is 30.3 Å². The van der Waals surface area contributed by atoms with E-state index in [1.807, 2.05) is 55.5 Å². The maximum atomic E-state index is 12.5. The molecule has 1 N–H and O–H groups in total. The van der Waals surface area contributed by atoms with Crippen molar-refractivity contribution < 1.29 is 9.21 Å². The zero-order valence-electron chi connectivity index (χ0n) is 15.8. The largest absolute Gasteiger partial charge is 0.459 e. The summed E-state index contributed by atoms with van der Waals surface area (Å²) < 4.78 is 7.32. The second kappa shape index (κ2) is 7.31. The van der Waals surface area contributed by atoms with Gasteiger partial charge in [0.25, 0.3) is 5.56 Å². The van der Waals surface area contributed by atoms with Gasteiger partial charge in [-0.15, -0.1) is 0 Å². The van der Waals surface area contributed by atoms with Crippen LogP contribution in [0.4, 0.5) is 0 Å². The van der Waals surface area contributed by atoms with E-state index in [9.17, 15) is 9.59 Å². The zero-order chi connectivity index (χ0) is 19.7. The van der Waals surface area contributed by atoms with Crippen LogP contribution in [0, 0.1) is 0 Å². The fourth-order valence-corrected chi connectivity index (χ4v) is 3.31. The molecule has 0 aliphatic heterocycles. The molecule has 0 bridgehead atoms. The topological polar surface area (TPSA) is 77.1 Å². The highest BCUT2D eigenvalue weighted by Crippen LogP contribution is 2.23. The van der Waals surface area contributed by atoms with E-state index in [1.165, 1.54) is 4.57 Å². The average Bonchev–Trinajstić information content (AvgIpc) is 3.14. The van der Waals surface area contributed by atoms with Crippen LogP contribution in [0.15, 0.2) is 63.8 Å². The van der Waals surface area contributed by atoms with Crippen LogP contribution in [-0.2, 0) is 18.3 Å². The van der Waals surface area contributed by atoms with Crippen molar-refractivity contribution in [1.29, 1.82) is 0 Å². The SMILES string of the molecule is C[C@H](NC(=O)CCc1nc2ccccc2c(=O)n1C)c1cc2ccccc2o1. The summed E-state index contributed by atoms with van der Waals surface area (Å²) in [7, 11) is 1.69. The number of carbonyl (C=O) groups excluding carboxylic acids is 1. The minimum Gasteiger partial charge on any atom is -0.459 e. The molecule has 2 aromatic carbocycles. The lowest BCUT2D eigenvalue weighted by atomic mass is 10.2. The number of nitrogens with zero attached hydrogens (tertiary/aromatic N) is 2. The smallest absolute Gasteiger partial charge is 0.261 e. The maximum absolute atomic E-state index is 12.5. The van der Waals surface area contributed by atoms with Crippen molar-refractivity contribution in [2.45, 2.75) is 25.8 Å². The Morgan fingerprint density at radius 2 is 1.93 bits per heavy atom. The molecule has 1 atom stereocenters. The monoisotopic (exact) mass is 375 g/mol. The minimum atomic E-state index is -0.242. The molecular formula is C22H21N3O3. The van der Waals surface area contributed by atoms with Gasteiger partial charge in [0, 0.05) is 25.3 Å². The molecule has 0 unspecified atom stereocenters. The van der Waals surface area contributed by atoms with Crippen LogP contribution < -0.4 is 10.9 Å². The van der Waals surface area contributed by atoms with Crippen LogP contribution in [0.1, 0.15) is 31.0 Å². The van der Waals surface area contributed by atoms with Gasteiger partial charge in [-0.25, -0.2) is 4.98 Å². The number of para-hydroxylation sites is 2. The predicted octanol–water partition coefficient (Wildman–Crippen LogP) is 3.49. The van der Waals surface area contributed by atoms with E-state index in [1.54, 1.807) is 13.1 Å². The van der Waals surface area contributed by atoms with Crippen molar-refractivity contribution in [2.24, 2.45) is 7.05 Å². The first-order chi connectivity index (χ1) is 13.5. The van der Waals surface area contributed by atoms with Crippen LogP contribution in [0.3, 0.4) is 0 Å². The van der Waals surface area contributed by atoms with E-state index in [2.05, 4.69) is 10.3 Å². The van der Waals surface area contributed by atoms with E-state index in [0.717, 1.165) is 11.0 Å². The summed E-state index contributed by atoms with van der Waals surface area (Å²) >= 11 is 0. The van der Waals surface area contributed by atoms with Gasteiger partial charge in [0.15, 0.2) is 0 Å². The average molecular weight is 375 g/mol. The molecule has 6 heteroatoms. The van der Waals surface area contributed by atoms with E-state index in [0.29, 0.717) is 28.9 Å². The normalized spacial score (nSPS) is 12.4. The second-order valence-corrected chi connectivity index (χ2v) is 6.89. The number of carbonyl (C=O) groups is 1. The summed E-state index contributed by atoms with van der Waals surface area (Å²) in [6, 6.07) is 16.7. The molecule has 4 rings (SSSR count). The summed E-state index contributed by atoms with van der Waals surface area (Å²) in [6.07, 6.45) is 0.623. The number of fused-ring (bicyclic) bond motifs is 2. The molecule has 0 saturated carbocycles. The number of rotatable bonds is 5.